The van der Waals surface area contributed by atoms with Crippen molar-refractivity contribution in [2.45, 2.75) is 19.3 Å². The number of benzene rings is 1. The molecule has 2 rings (SSSR count). The van der Waals surface area contributed by atoms with Gasteiger partial charge in [0.15, 0.2) is 0 Å². The molecule has 2 heteroatoms. The largest absolute Gasteiger partial charge is 0.478 e. The maximum atomic E-state index is 10.7. The molecular weight excluding hydrogens is 188 g/mol. The van der Waals surface area contributed by atoms with Gasteiger partial charge in [0.25, 0.3) is 0 Å². The van der Waals surface area contributed by atoms with Crippen LogP contribution in [0.4, 0.5) is 0 Å². The molecule has 1 aromatic rings. The maximum absolute atomic E-state index is 10.7. The number of rotatable bonds is 3. The molecule has 0 aliphatic heterocycles. The van der Waals surface area contributed by atoms with Gasteiger partial charge in [0.05, 0.1) is 0 Å². The number of carbonyl (C=O) groups is 1. The monoisotopic (exact) mass is 202 g/mol. The van der Waals surface area contributed by atoms with Crippen LogP contribution in [0.25, 0.3) is 0 Å². The second kappa shape index (κ2) is 4.30. The topological polar surface area (TPSA) is 37.3 Å². The van der Waals surface area contributed by atoms with Crippen molar-refractivity contribution >= 4 is 5.97 Å². The molecule has 0 heterocycles. The Balaban J connectivity index is 2.01. The summed E-state index contributed by atoms with van der Waals surface area (Å²) in [5.74, 6) is -0.357. The lowest BCUT2D eigenvalue weighted by atomic mass is 9.99. The van der Waals surface area contributed by atoms with Crippen molar-refractivity contribution in [3.8, 4) is 0 Å². The zero-order valence-electron chi connectivity index (χ0n) is 8.52. The van der Waals surface area contributed by atoms with Crippen LogP contribution in [0.1, 0.15) is 18.4 Å². The minimum Gasteiger partial charge on any atom is -0.478 e. The van der Waals surface area contributed by atoms with Crippen LogP contribution in [0.15, 0.2) is 42.0 Å². The first-order valence-corrected chi connectivity index (χ1v) is 5.23. The van der Waals surface area contributed by atoms with Crippen LogP contribution in [0.5, 0.6) is 0 Å². The van der Waals surface area contributed by atoms with Crippen molar-refractivity contribution in [2.24, 2.45) is 5.92 Å². The normalized spacial score (nSPS) is 20.0. The third-order valence-electron chi connectivity index (χ3n) is 2.84. The first-order valence-electron chi connectivity index (χ1n) is 5.23. The van der Waals surface area contributed by atoms with E-state index in [0.717, 1.165) is 12.8 Å². The second-order valence-electron chi connectivity index (χ2n) is 3.99. The molecule has 0 unspecified atom stereocenters. The number of aliphatic carboxylic acids is 1. The highest BCUT2D eigenvalue weighted by Crippen LogP contribution is 2.27. The molecule has 1 aromatic carbocycles. The van der Waals surface area contributed by atoms with Crippen LogP contribution >= 0.6 is 0 Å². The minimum absolute atomic E-state index is 0.401. The van der Waals surface area contributed by atoms with E-state index in [-0.39, 0.29) is 0 Å². The number of carboxylic acids is 1. The smallest absolute Gasteiger partial charge is 0.331 e. The fourth-order valence-electron chi connectivity index (χ4n) is 2.05. The van der Waals surface area contributed by atoms with E-state index < -0.39 is 5.97 Å². The van der Waals surface area contributed by atoms with Crippen LogP contribution in [0, 0.1) is 5.92 Å². The lowest BCUT2D eigenvalue weighted by Crippen LogP contribution is -1.97. The molecule has 0 fully saturated rings. The molecule has 0 spiro atoms. The second-order valence-corrected chi connectivity index (χ2v) is 3.99. The van der Waals surface area contributed by atoms with Gasteiger partial charge in [0.1, 0.15) is 0 Å². The molecule has 15 heavy (non-hydrogen) atoms. The zero-order valence-corrected chi connectivity index (χ0v) is 8.52. The van der Waals surface area contributed by atoms with Gasteiger partial charge in [0, 0.05) is 5.57 Å². The molecule has 0 radical (unpaired) electrons. The van der Waals surface area contributed by atoms with Crippen LogP contribution in [0.3, 0.4) is 0 Å². The highest BCUT2D eigenvalue weighted by molar-refractivity contribution is 5.87. The van der Waals surface area contributed by atoms with Gasteiger partial charge in [0.2, 0.25) is 0 Å². The number of carboxylic acid groups (broad SMARTS) is 1. The van der Waals surface area contributed by atoms with Gasteiger partial charge in [-0.1, -0.05) is 36.4 Å². The molecule has 1 atom stereocenters. The van der Waals surface area contributed by atoms with Gasteiger partial charge < -0.3 is 5.11 Å². The molecule has 0 aromatic heterocycles. The van der Waals surface area contributed by atoms with Gasteiger partial charge in [-0.3, -0.25) is 0 Å². The fourth-order valence-corrected chi connectivity index (χ4v) is 2.05. The first-order chi connectivity index (χ1) is 7.25. The van der Waals surface area contributed by atoms with E-state index in [1.54, 1.807) is 0 Å². The summed E-state index contributed by atoms with van der Waals surface area (Å²) in [5.41, 5.74) is 1.86. The van der Waals surface area contributed by atoms with E-state index in [1.165, 1.54) is 5.56 Å². The molecule has 1 aliphatic carbocycles. The zero-order chi connectivity index (χ0) is 10.7. The van der Waals surface area contributed by atoms with E-state index in [9.17, 15) is 4.79 Å². The van der Waals surface area contributed by atoms with Crippen molar-refractivity contribution in [3.05, 3.63) is 47.5 Å². The van der Waals surface area contributed by atoms with Gasteiger partial charge in [-0.05, 0) is 30.7 Å². The first kappa shape index (κ1) is 9.97. The number of hydrogen-bond acceptors (Lipinski definition) is 1. The Labute approximate surface area is 89.2 Å². The summed E-state index contributed by atoms with van der Waals surface area (Å²) in [4.78, 5) is 10.7. The summed E-state index contributed by atoms with van der Waals surface area (Å²) in [5, 5.41) is 8.83. The molecule has 0 amide bonds. The Morgan fingerprint density at radius 1 is 1.33 bits per heavy atom. The Kier molecular flexibility index (Phi) is 2.86. The van der Waals surface area contributed by atoms with Crippen molar-refractivity contribution in [1.82, 2.24) is 0 Å². The molecule has 0 saturated carbocycles. The standard InChI is InChI=1S/C13H14O2/c14-13(15)12-7-6-11(9-12)8-10-4-2-1-3-5-10/h1-5,9,11H,6-8H2,(H,14,15)/t11-/m1/s1. The third-order valence-corrected chi connectivity index (χ3v) is 2.84. The predicted octanol–water partition coefficient (Wildman–Crippen LogP) is 2.65. The molecule has 0 saturated heterocycles. The Hall–Kier alpha value is -1.57. The van der Waals surface area contributed by atoms with Gasteiger partial charge in [-0.25, -0.2) is 4.79 Å². The Morgan fingerprint density at radius 3 is 2.67 bits per heavy atom. The highest BCUT2D eigenvalue weighted by atomic mass is 16.4. The van der Waals surface area contributed by atoms with E-state index in [4.69, 9.17) is 5.11 Å². The average molecular weight is 202 g/mol. The summed E-state index contributed by atoms with van der Waals surface area (Å²) in [7, 11) is 0. The fraction of sp³-hybridized carbons (Fsp3) is 0.308. The molecule has 1 aliphatic rings. The average Bonchev–Trinajstić information content (AvgIpc) is 2.68. The van der Waals surface area contributed by atoms with E-state index in [1.807, 2.05) is 24.3 Å². The summed E-state index contributed by atoms with van der Waals surface area (Å²) in [6.07, 6.45) is 4.55. The minimum atomic E-state index is -0.759. The lowest BCUT2D eigenvalue weighted by molar-refractivity contribution is -0.132. The molecule has 2 nitrogen and oxygen atoms in total. The summed E-state index contributed by atoms with van der Waals surface area (Å²) >= 11 is 0. The Bertz CT molecular complexity index is 379. The summed E-state index contributed by atoms with van der Waals surface area (Å²) in [6.45, 7) is 0. The van der Waals surface area contributed by atoms with E-state index in [0.29, 0.717) is 17.9 Å². The quantitative estimate of drug-likeness (QED) is 0.818. The van der Waals surface area contributed by atoms with Gasteiger partial charge in [-0.15, -0.1) is 0 Å². The van der Waals surface area contributed by atoms with Gasteiger partial charge >= 0.3 is 5.97 Å². The molecule has 1 N–H and O–H groups in total. The third kappa shape index (κ3) is 2.46. The van der Waals surface area contributed by atoms with Crippen molar-refractivity contribution in [2.75, 3.05) is 0 Å². The summed E-state index contributed by atoms with van der Waals surface area (Å²) < 4.78 is 0. The van der Waals surface area contributed by atoms with Crippen molar-refractivity contribution in [1.29, 1.82) is 0 Å². The Morgan fingerprint density at radius 2 is 2.07 bits per heavy atom. The van der Waals surface area contributed by atoms with Crippen molar-refractivity contribution < 1.29 is 9.90 Å². The predicted molar refractivity (Wildman–Crippen MR) is 58.6 cm³/mol. The molecular formula is C13H14O2. The van der Waals surface area contributed by atoms with Crippen LogP contribution in [-0.4, -0.2) is 11.1 Å². The SMILES string of the molecule is O=C(O)C1=C[C@@H](Cc2ccccc2)CC1. The lowest BCUT2D eigenvalue weighted by Gasteiger charge is -2.06. The summed E-state index contributed by atoms with van der Waals surface area (Å²) in [6, 6.07) is 10.2. The number of hydrogen-bond donors (Lipinski definition) is 1. The highest BCUT2D eigenvalue weighted by Gasteiger charge is 2.19. The van der Waals surface area contributed by atoms with E-state index >= 15 is 0 Å². The van der Waals surface area contributed by atoms with Crippen LogP contribution < -0.4 is 0 Å². The molecule has 0 bridgehead atoms. The van der Waals surface area contributed by atoms with Crippen LogP contribution in [-0.2, 0) is 11.2 Å². The van der Waals surface area contributed by atoms with Crippen molar-refractivity contribution in [3.63, 3.8) is 0 Å². The molecule has 78 valence electrons. The van der Waals surface area contributed by atoms with Gasteiger partial charge in [-0.2, -0.15) is 0 Å². The van der Waals surface area contributed by atoms with E-state index in [2.05, 4.69) is 12.1 Å². The van der Waals surface area contributed by atoms with Crippen LogP contribution in [0.2, 0.25) is 0 Å². The maximum Gasteiger partial charge on any atom is 0.331 e. The number of allylic oxidation sites excluding steroid dienone is 1.